The van der Waals surface area contributed by atoms with Crippen LogP contribution in [-0.4, -0.2) is 30.4 Å². The molecule has 0 aromatic heterocycles. The summed E-state index contributed by atoms with van der Waals surface area (Å²) in [6, 6.07) is 0. The number of likely N-dealkylation sites (tertiary alicyclic amines) is 1. The fraction of sp³-hybridized carbons (Fsp3) is 0.900. The average molecular weight is 184 g/mol. The minimum Gasteiger partial charge on any atom is -0.342 e. The standard InChI is InChI=1S/C10H20N2O/c1-2-9(8-11)10(13)12-6-4-3-5-7-12/h9H,2-8,11H2,1H3. The summed E-state index contributed by atoms with van der Waals surface area (Å²) in [5, 5.41) is 0. The Morgan fingerprint density at radius 2 is 2.00 bits per heavy atom. The topological polar surface area (TPSA) is 46.3 Å². The molecular weight excluding hydrogens is 164 g/mol. The fourth-order valence-electron chi connectivity index (χ4n) is 1.81. The summed E-state index contributed by atoms with van der Waals surface area (Å²) in [6.07, 6.45) is 4.45. The molecule has 1 rings (SSSR count). The van der Waals surface area contributed by atoms with Crippen molar-refractivity contribution >= 4 is 5.91 Å². The maximum Gasteiger partial charge on any atom is 0.226 e. The van der Waals surface area contributed by atoms with Gasteiger partial charge in [-0.25, -0.2) is 0 Å². The average Bonchev–Trinajstić information content (AvgIpc) is 2.21. The highest BCUT2D eigenvalue weighted by molar-refractivity contribution is 5.79. The van der Waals surface area contributed by atoms with Gasteiger partial charge in [-0.3, -0.25) is 4.79 Å². The van der Waals surface area contributed by atoms with Crippen molar-refractivity contribution in [2.24, 2.45) is 11.7 Å². The maximum atomic E-state index is 11.8. The Bertz CT molecular complexity index is 160. The zero-order chi connectivity index (χ0) is 9.68. The van der Waals surface area contributed by atoms with E-state index in [4.69, 9.17) is 5.73 Å². The minimum absolute atomic E-state index is 0.0538. The van der Waals surface area contributed by atoms with E-state index >= 15 is 0 Å². The summed E-state index contributed by atoms with van der Waals surface area (Å²) in [5.74, 6) is 0.322. The van der Waals surface area contributed by atoms with Crippen LogP contribution in [0.5, 0.6) is 0 Å². The molecule has 0 aromatic rings. The van der Waals surface area contributed by atoms with Crippen LogP contribution in [0.25, 0.3) is 0 Å². The van der Waals surface area contributed by atoms with Crippen LogP contribution < -0.4 is 5.73 Å². The Balaban J connectivity index is 2.44. The number of piperidine rings is 1. The van der Waals surface area contributed by atoms with E-state index in [-0.39, 0.29) is 11.8 Å². The Morgan fingerprint density at radius 1 is 1.38 bits per heavy atom. The molecule has 3 nitrogen and oxygen atoms in total. The van der Waals surface area contributed by atoms with Gasteiger partial charge >= 0.3 is 0 Å². The lowest BCUT2D eigenvalue weighted by Crippen LogP contribution is -2.41. The molecule has 1 heterocycles. The van der Waals surface area contributed by atoms with Gasteiger partial charge in [0.2, 0.25) is 5.91 Å². The van der Waals surface area contributed by atoms with Crippen LogP contribution in [0, 0.1) is 5.92 Å². The molecule has 0 radical (unpaired) electrons. The van der Waals surface area contributed by atoms with Gasteiger partial charge in [0.05, 0.1) is 5.92 Å². The molecule has 1 amide bonds. The second-order valence-electron chi connectivity index (χ2n) is 3.73. The zero-order valence-corrected chi connectivity index (χ0v) is 8.46. The van der Waals surface area contributed by atoms with Gasteiger partial charge in [0.25, 0.3) is 0 Å². The van der Waals surface area contributed by atoms with Crippen molar-refractivity contribution in [1.29, 1.82) is 0 Å². The van der Waals surface area contributed by atoms with Crippen LogP contribution in [0.2, 0.25) is 0 Å². The Hall–Kier alpha value is -0.570. The van der Waals surface area contributed by atoms with E-state index in [0.29, 0.717) is 6.54 Å². The monoisotopic (exact) mass is 184 g/mol. The molecule has 13 heavy (non-hydrogen) atoms. The van der Waals surface area contributed by atoms with Crippen LogP contribution in [0.4, 0.5) is 0 Å². The molecule has 1 fully saturated rings. The van der Waals surface area contributed by atoms with Gasteiger partial charge in [0.1, 0.15) is 0 Å². The molecule has 1 saturated heterocycles. The van der Waals surface area contributed by atoms with Crippen molar-refractivity contribution in [3.8, 4) is 0 Å². The third-order valence-electron chi connectivity index (χ3n) is 2.79. The lowest BCUT2D eigenvalue weighted by atomic mass is 10.0. The summed E-state index contributed by atoms with van der Waals surface area (Å²) in [7, 11) is 0. The molecule has 0 spiro atoms. The van der Waals surface area contributed by atoms with Gasteiger partial charge in [-0.15, -0.1) is 0 Å². The van der Waals surface area contributed by atoms with Crippen molar-refractivity contribution in [1.82, 2.24) is 4.90 Å². The minimum atomic E-state index is 0.0538. The van der Waals surface area contributed by atoms with E-state index in [0.717, 1.165) is 32.4 Å². The summed E-state index contributed by atoms with van der Waals surface area (Å²) >= 11 is 0. The molecular formula is C10H20N2O. The molecule has 0 saturated carbocycles. The van der Waals surface area contributed by atoms with Gasteiger partial charge in [0.15, 0.2) is 0 Å². The lowest BCUT2D eigenvalue weighted by molar-refractivity contribution is -0.136. The molecule has 2 N–H and O–H groups in total. The van der Waals surface area contributed by atoms with Gasteiger partial charge < -0.3 is 10.6 Å². The Labute approximate surface area is 80.3 Å². The third kappa shape index (κ3) is 2.69. The summed E-state index contributed by atoms with van der Waals surface area (Å²) in [6.45, 7) is 4.40. The van der Waals surface area contributed by atoms with E-state index in [2.05, 4.69) is 0 Å². The first-order chi connectivity index (χ1) is 6.29. The third-order valence-corrected chi connectivity index (χ3v) is 2.79. The first-order valence-electron chi connectivity index (χ1n) is 5.28. The van der Waals surface area contributed by atoms with Crippen LogP contribution in [0.3, 0.4) is 0 Å². The van der Waals surface area contributed by atoms with Crippen molar-refractivity contribution in [2.75, 3.05) is 19.6 Å². The number of nitrogens with two attached hydrogens (primary N) is 1. The van der Waals surface area contributed by atoms with Gasteiger partial charge in [-0.05, 0) is 25.7 Å². The number of hydrogen-bond acceptors (Lipinski definition) is 2. The number of amides is 1. The quantitative estimate of drug-likeness (QED) is 0.711. The Morgan fingerprint density at radius 3 is 2.46 bits per heavy atom. The zero-order valence-electron chi connectivity index (χ0n) is 8.46. The summed E-state index contributed by atoms with van der Waals surface area (Å²) in [5.41, 5.74) is 5.54. The number of carbonyl (C=O) groups is 1. The fourth-order valence-corrected chi connectivity index (χ4v) is 1.81. The van der Waals surface area contributed by atoms with Crippen LogP contribution in [-0.2, 0) is 4.79 Å². The van der Waals surface area contributed by atoms with E-state index in [1.54, 1.807) is 0 Å². The molecule has 0 aromatic carbocycles. The highest BCUT2D eigenvalue weighted by Gasteiger charge is 2.22. The first kappa shape index (κ1) is 10.5. The normalized spacial score (nSPS) is 20.0. The SMILES string of the molecule is CCC(CN)C(=O)N1CCCCC1. The number of hydrogen-bond donors (Lipinski definition) is 1. The molecule has 0 bridgehead atoms. The smallest absolute Gasteiger partial charge is 0.226 e. The predicted octanol–water partition coefficient (Wildman–Crippen LogP) is 0.984. The van der Waals surface area contributed by atoms with E-state index in [1.807, 2.05) is 11.8 Å². The second-order valence-corrected chi connectivity index (χ2v) is 3.73. The lowest BCUT2D eigenvalue weighted by Gasteiger charge is -2.29. The van der Waals surface area contributed by atoms with Crippen molar-refractivity contribution in [2.45, 2.75) is 32.6 Å². The van der Waals surface area contributed by atoms with Crippen LogP contribution in [0.15, 0.2) is 0 Å². The summed E-state index contributed by atoms with van der Waals surface area (Å²) in [4.78, 5) is 13.8. The maximum absolute atomic E-state index is 11.8. The number of carbonyl (C=O) groups excluding carboxylic acids is 1. The molecule has 1 aliphatic rings. The van der Waals surface area contributed by atoms with Crippen molar-refractivity contribution in [3.05, 3.63) is 0 Å². The largest absolute Gasteiger partial charge is 0.342 e. The van der Waals surface area contributed by atoms with Crippen molar-refractivity contribution < 1.29 is 4.79 Å². The second kappa shape index (κ2) is 5.22. The van der Waals surface area contributed by atoms with Gasteiger partial charge in [-0.1, -0.05) is 6.92 Å². The van der Waals surface area contributed by atoms with Gasteiger partial charge in [-0.2, -0.15) is 0 Å². The molecule has 0 aliphatic carbocycles. The highest BCUT2D eigenvalue weighted by Crippen LogP contribution is 2.13. The molecule has 1 unspecified atom stereocenters. The van der Waals surface area contributed by atoms with E-state index in [9.17, 15) is 4.79 Å². The number of nitrogens with zero attached hydrogens (tertiary/aromatic N) is 1. The molecule has 1 atom stereocenters. The molecule has 1 aliphatic heterocycles. The molecule has 76 valence electrons. The van der Waals surface area contributed by atoms with E-state index in [1.165, 1.54) is 6.42 Å². The van der Waals surface area contributed by atoms with E-state index < -0.39 is 0 Å². The predicted molar refractivity (Wildman–Crippen MR) is 53.3 cm³/mol. The first-order valence-corrected chi connectivity index (χ1v) is 5.28. The Kier molecular flexibility index (Phi) is 4.22. The van der Waals surface area contributed by atoms with Crippen LogP contribution >= 0.6 is 0 Å². The highest BCUT2D eigenvalue weighted by atomic mass is 16.2. The summed E-state index contributed by atoms with van der Waals surface area (Å²) < 4.78 is 0. The van der Waals surface area contributed by atoms with Crippen molar-refractivity contribution in [3.63, 3.8) is 0 Å². The number of rotatable bonds is 3. The van der Waals surface area contributed by atoms with Crippen LogP contribution in [0.1, 0.15) is 32.6 Å². The molecule has 3 heteroatoms. The van der Waals surface area contributed by atoms with Gasteiger partial charge in [0, 0.05) is 19.6 Å².